The van der Waals surface area contributed by atoms with Gasteiger partial charge in [0, 0.05) is 18.2 Å². The number of rotatable bonds is 5. The Hall–Kier alpha value is -2.82. The Kier molecular flexibility index (Phi) is 5.12. The average Bonchev–Trinajstić information content (AvgIpc) is 2.47. The molecule has 0 aliphatic heterocycles. The van der Waals surface area contributed by atoms with Gasteiger partial charge < -0.3 is 4.74 Å². The van der Waals surface area contributed by atoms with Gasteiger partial charge in [0.05, 0.1) is 15.5 Å². The molecule has 0 aromatic heterocycles. The molecule has 0 unspecified atom stereocenters. The van der Waals surface area contributed by atoms with Crippen LogP contribution in [0.5, 0.6) is 5.75 Å². The lowest BCUT2D eigenvalue weighted by molar-refractivity contribution is -0.385. The number of nitro groups is 1. The Morgan fingerprint density at radius 1 is 1.15 bits per heavy atom. The zero-order valence-corrected chi connectivity index (χ0v) is 14.3. The van der Waals surface area contributed by atoms with Crippen molar-refractivity contribution in [1.82, 2.24) is 0 Å². The number of nitro benzene ring substituents is 1. The number of ether oxygens (including phenoxy) is 1. The number of alkyl halides is 3. The summed E-state index contributed by atoms with van der Waals surface area (Å²) in [4.78, 5) is 9.87. The number of hydrogen-bond donors (Lipinski definition) is 1. The molecular formula is C15H13F3N2O5S. The molecule has 0 saturated heterocycles. The van der Waals surface area contributed by atoms with Gasteiger partial charge in [-0.3, -0.25) is 14.8 Å². The van der Waals surface area contributed by atoms with E-state index in [0.717, 1.165) is 18.2 Å². The summed E-state index contributed by atoms with van der Waals surface area (Å²) in [5.74, 6) is -0.607. The second-order valence-corrected chi connectivity index (χ2v) is 6.97. The maximum absolute atomic E-state index is 12.5. The van der Waals surface area contributed by atoms with Gasteiger partial charge in [-0.25, -0.2) is 8.42 Å². The Labute approximate surface area is 146 Å². The van der Waals surface area contributed by atoms with Crippen LogP contribution in [0.1, 0.15) is 11.1 Å². The summed E-state index contributed by atoms with van der Waals surface area (Å²) < 4.78 is 67.7. The fourth-order valence-electron chi connectivity index (χ4n) is 2.16. The van der Waals surface area contributed by atoms with E-state index in [1.54, 1.807) is 0 Å². The zero-order chi connectivity index (χ0) is 19.7. The van der Waals surface area contributed by atoms with Crippen LogP contribution < -0.4 is 9.46 Å². The van der Waals surface area contributed by atoms with Gasteiger partial charge in [0.15, 0.2) is 0 Å². The lowest BCUT2D eigenvalue weighted by atomic mass is 10.1. The second kappa shape index (κ2) is 6.83. The van der Waals surface area contributed by atoms with Crippen LogP contribution in [-0.4, -0.2) is 19.7 Å². The van der Waals surface area contributed by atoms with Crippen LogP contribution in [0.3, 0.4) is 0 Å². The number of sulfonamides is 1. The summed E-state index contributed by atoms with van der Waals surface area (Å²) in [6, 6.07) is 6.37. The van der Waals surface area contributed by atoms with Gasteiger partial charge in [0.2, 0.25) is 0 Å². The van der Waals surface area contributed by atoms with Crippen molar-refractivity contribution < 1.29 is 31.2 Å². The van der Waals surface area contributed by atoms with Crippen molar-refractivity contribution in [3.63, 3.8) is 0 Å². The standard InChI is InChI=1S/C15H13F3N2O5S/c1-9-6-12(20(21)22)8-14(10(9)2)26(23,24)19-11-4-3-5-13(7-11)25-15(16,17)18/h3-8,19H,1-2H3. The highest BCUT2D eigenvalue weighted by Crippen LogP contribution is 2.29. The maximum atomic E-state index is 12.5. The molecule has 0 spiro atoms. The summed E-state index contributed by atoms with van der Waals surface area (Å²) in [6.45, 7) is 2.98. The normalized spacial score (nSPS) is 11.9. The Morgan fingerprint density at radius 2 is 1.81 bits per heavy atom. The van der Waals surface area contributed by atoms with Crippen molar-refractivity contribution in [1.29, 1.82) is 0 Å². The molecule has 0 bridgehead atoms. The van der Waals surface area contributed by atoms with Gasteiger partial charge in [-0.1, -0.05) is 6.07 Å². The number of aryl methyl sites for hydroxylation is 1. The van der Waals surface area contributed by atoms with E-state index in [9.17, 15) is 31.7 Å². The minimum Gasteiger partial charge on any atom is -0.406 e. The van der Waals surface area contributed by atoms with Gasteiger partial charge in [0.1, 0.15) is 5.75 Å². The molecule has 0 atom stereocenters. The molecule has 7 nitrogen and oxygen atoms in total. The van der Waals surface area contributed by atoms with E-state index in [-0.39, 0.29) is 16.1 Å². The van der Waals surface area contributed by atoms with Gasteiger partial charge in [-0.2, -0.15) is 0 Å². The van der Waals surface area contributed by atoms with Crippen molar-refractivity contribution in [3.05, 3.63) is 57.6 Å². The third kappa shape index (κ3) is 4.63. The molecule has 0 aliphatic carbocycles. The number of benzene rings is 2. The largest absolute Gasteiger partial charge is 0.573 e. The molecule has 140 valence electrons. The molecule has 0 amide bonds. The first kappa shape index (κ1) is 19.5. The van der Waals surface area contributed by atoms with Gasteiger partial charge >= 0.3 is 6.36 Å². The Morgan fingerprint density at radius 3 is 2.38 bits per heavy atom. The number of anilines is 1. The van der Waals surface area contributed by atoms with Crippen molar-refractivity contribution >= 4 is 21.4 Å². The molecule has 0 saturated carbocycles. The van der Waals surface area contributed by atoms with Crippen LogP contribution in [0.15, 0.2) is 41.3 Å². The van der Waals surface area contributed by atoms with Crippen molar-refractivity contribution in [2.75, 3.05) is 4.72 Å². The van der Waals surface area contributed by atoms with E-state index in [4.69, 9.17) is 0 Å². The van der Waals surface area contributed by atoms with Crippen LogP contribution >= 0.6 is 0 Å². The highest BCUT2D eigenvalue weighted by molar-refractivity contribution is 7.92. The molecule has 0 aliphatic rings. The molecule has 0 heterocycles. The van der Waals surface area contributed by atoms with Crippen LogP contribution in [0.25, 0.3) is 0 Å². The predicted molar refractivity (Wildman–Crippen MR) is 86.5 cm³/mol. The Balaban J connectivity index is 2.41. The highest BCUT2D eigenvalue weighted by atomic mass is 32.2. The SMILES string of the molecule is Cc1cc([N+](=O)[O-])cc(S(=O)(=O)Nc2cccc(OC(F)(F)F)c2)c1C. The third-order valence-electron chi connectivity index (χ3n) is 3.42. The number of nitrogens with zero attached hydrogens (tertiary/aromatic N) is 1. The minimum atomic E-state index is -4.93. The number of halogens is 3. The summed E-state index contributed by atoms with van der Waals surface area (Å²) >= 11 is 0. The van der Waals surface area contributed by atoms with Crippen LogP contribution in [0, 0.1) is 24.0 Å². The lowest BCUT2D eigenvalue weighted by Crippen LogP contribution is -2.18. The van der Waals surface area contributed by atoms with Gasteiger partial charge in [-0.15, -0.1) is 13.2 Å². The summed E-state index contributed by atoms with van der Waals surface area (Å²) in [5, 5.41) is 10.9. The first-order valence-electron chi connectivity index (χ1n) is 7.03. The number of hydrogen-bond acceptors (Lipinski definition) is 5. The monoisotopic (exact) mass is 390 g/mol. The smallest absolute Gasteiger partial charge is 0.406 e. The van der Waals surface area contributed by atoms with Crippen molar-refractivity contribution in [2.45, 2.75) is 25.1 Å². The van der Waals surface area contributed by atoms with Gasteiger partial charge in [0.25, 0.3) is 15.7 Å². The summed E-state index contributed by atoms with van der Waals surface area (Å²) in [5.41, 5.74) is 0.0671. The Bertz CT molecular complexity index is 958. The fraction of sp³-hybridized carbons (Fsp3) is 0.200. The fourth-order valence-corrected chi connectivity index (χ4v) is 3.55. The quantitative estimate of drug-likeness (QED) is 0.616. The van der Waals surface area contributed by atoms with Crippen molar-refractivity contribution in [3.8, 4) is 5.75 Å². The van der Waals surface area contributed by atoms with E-state index in [1.807, 2.05) is 0 Å². The molecule has 26 heavy (non-hydrogen) atoms. The van der Waals surface area contributed by atoms with E-state index in [2.05, 4.69) is 9.46 Å². The molecule has 2 rings (SSSR count). The van der Waals surface area contributed by atoms with E-state index < -0.39 is 32.7 Å². The highest BCUT2D eigenvalue weighted by Gasteiger charge is 2.31. The van der Waals surface area contributed by atoms with E-state index in [1.165, 1.54) is 32.0 Å². The predicted octanol–water partition coefficient (Wildman–Crippen LogP) is 3.91. The number of non-ortho nitro benzene ring substituents is 1. The molecular weight excluding hydrogens is 377 g/mol. The molecule has 0 fully saturated rings. The first-order chi connectivity index (χ1) is 11.9. The van der Waals surface area contributed by atoms with Crippen LogP contribution in [0.2, 0.25) is 0 Å². The minimum absolute atomic E-state index is 0.185. The number of nitrogens with one attached hydrogen (secondary N) is 1. The molecule has 0 radical (unpaired) electrons. The lowest BCUT2D eigenvalue weighted by Gasteiger charge is -2.13. The first-order valence-corrected chi connectivity index (χ1v) is 8.51. The maximum Gasteiger partial charge on any atom is 0.573 e. The molecule has 11 heteroatoms. The summed E-state index contributed by atoms with van der Waals surface area (Å²) in [6.07, 6.45) is -4.93. The zero-order valence-electron chi connectivity index (χ0n) is 13.5. The van der Waals surface area contributed by atoms with Crippen LogP contribution in [-0.2, 0) is 10.0 Å². The van der Waals surface area contributed by atoms with E-state index >= 15 is 0 Å². The average molecular weight is 390 g/mol. The molecule has 2 aromatic carbocycles. The second-order valence-electron chi connectivity index (χ2n) is 5.32. The van der Waals surface area contributed by atoms with Gasteiger partial charge in [-0.05, 0) is 37.1 Å². The summed E-state index contributed by atoms with van der Waals surface area (Å²) in [7, 11) is -4.27. The van der Waals surface area contributed by atoms with Crippen LogP contribution in [0.4, 0.5) is 24.5 Å². The molecule has 1 N–H and O–H groups in total. The van der Waals surface area contributed by atoms with E-state index in [0.29, 0.717) is 5.56 Å². The third-order valence-corrected chi connectivity index (χ3v) is 4.93. The topological polar surface area (TPSA) is 98.5 Å². The molecule has 2 aromatic rings. The van der Waals surface area contributed by atoms with Crippen molar-refractivity contribution in [2.24, 2.45) is 0 Å².